The molecule has 1 aromatic carbocycles. The monoisotopic (exact) mass is 322 g/mol. The second-order valence-corrected chi connectivity index (χ2v) is 5.78. The fraction of sp³-hybridized carbons (Fsp3) is 0.400. The van der Waals surface area contributed by atoms with Crippen molar-refractivity contribution in [1.82, 2.24) is 9.78 Å². The minimum atomic E-state index is -0.651. The molecule has 4 heteroatoms. The number of aliphatic hydroxyl groups is 1. The van der Waals surface area contributed by atoms with Crippen LogP contribution in [-0.2, 0) is 6.54 Å². The quantitative estimate of drug-likeness (QED) is 0.930. The summed E-state index contributed by atoms with van der Waals surface area (Å²) in [6, 6.07) is 6.15. The zero-order chi connectivity index (χ0) is 14.0. The van der Waals surface area contributed by atoms with E-state index in [1.165, 1.54) is 0 Å². The van der Waals surface area contributed by atoms with Gasteiger partial charge in [-0.05, 0) is 41.8 Å². The summed E-state index contributed by atoms with van der Waals surface area (Å²) in [5, 5.41) is 14.9. The first-order valence-electron chi connectivity index (χ1n) is 6.50. The number of aliphatic hydroxyl groups excluding tert-OH is 1. The van der Waals surface area contributed by atoms with Crippen molar-refractivity contribution in [2.24, 2.45) is 0 Å². The first-order chi connectivity index (χ1) is 9.02. The topological polar surface area (TPSA) is 38.0 Å². The van der Waals surface area contributed by atoms with Gasteiger partial charge in [-0.2, -0.15) is 5.10 Å². The number of benzene rings is 1. The van der Waals surface area contributed by atoms with E-state index in [0.717, 1.165) is 39.8 Å². The Labute approximate surface area is 122 Å². The third-order valence-corrected chi connectivity index (χ3v) is 3.70. The van der Waals surface area contributed by atoms with Crippen LogP contribution in [0.3, 0.4) is 0 Å². The predicted octanol–water partition coefficient (Wildman–Crippen LogP) is 3.75. The Hall–Kier alpha value is -1.13. The van der Waals surface area contributed by atoms with Crippen molar-refractivity contribution in [1.29, 1.82) is 0 Å². The smallest absolute Gasteiger partial charge is 0.122 e. The van der Waals surface area contributed by atoms with Crippen LogP contribution in [0.5, 0.6) is 0 Å². The molecule has 0 amide bonds. The van der Waals surface area contributed by atoms with E-state index < -0.39 is 6.10 Å². The molecule has 102 valence electrons. The summed E-state index contributed by atoms with van der Waals surface area (Å²) in [6.07, 6.45) is 2.08. The molecular weight excluding hydrogens is 304 g/mol. The van der Waals surface area contributed by atoms with Gasteiger partial charge in [0.15, 0.2) is 0 Å². The largest absolute Gasteiger partial charge is 0.382 e. The van der Waals surface area contributed by atoms with E-state index in [2.05, 4.69) is 34.0 Å². The highest BCUT2D eigenvalue weighted by molar-refractivity contribution is 9.10. The molecule has 0 aliphatic rings. The van der Waals surface area contributed by atoms with Gasteiger partial charge in [0.2, 0.25) is 0 Å². The Balaban J connectivity index is 2.43. The lowest BCUT2D eigenvalue weighted by molar-refractivity contribution is 0.206. The molecular formula is C15H19BrN2O. The van der Waals surface area contributed by atoms with Gasteiger partial charge in [0, 0.05) is 6.54 Å². The van der Waals surface area contributed by atoms with Crippen molar-refractivity contribution in [3.05, 3.63) is 51.3 Å². The average Bonchev–Trinajstić information content (AvgIpc) is 2.69. The number of aromatic nitrogens is 2. The summed E-state index contributed by atoms with van der Waals surface area (Å²) in [7, 11) is 0. The summed E-state index contributed by atoms with van der Waals surface area (Å²) >= 11 is 3.48. The van der Waals surface area contributed by atoms with Gasteiger partial charge < -0.3 is 5.11 Å². The molecule has 19 heavy (non-hydrogen) atoms. The van der Waals surface area contributed by atoms with E-state index in [-0.39, 0.29) is 0 Å². The lowest BCUT2D eigenvalue weighted by Crippen LogP contribution is -2.11. The first-order valence-corrected chi connectivity index (χ1v) is 7.29. The van der Waals surface area contributed by atoms with Crippen molar-refractivity contribution in [3.8, 4) is 0 Å². The molecule has 0 radical (unpaired) electrons. The summed E-state index contributed by atoms with van der Waals surface area (Å²) in [5.41, 5.74) is 4.06. The molecule has 1 heterocycles. The summed E-state index contributed by atoms with van der Waals surface area (Å²) in [6.45, 7) is 6.99. The Bertz CT molecular complexity index is 557. The van der Waals surface area contributed by atoms with Crippen molar-refractivity contribution in [2.75, 3.05) is 0 Å². The molecule has 3 nitrogen and oxygen atoms in total. The van der Waals surface area contributed by atoms with E-state index >= 15 is 0 Å². The van der Waals surface area contributed by atoms with E-state index in [1.54, 1.807) is 6.20 Å². The van der Waals surface area contributed by atoms with Crippen LogP contribution in [-0.4, -0.2) is 14.9 Å². The molecule has 0 bridgehead atoms. The Morgan fingerprint density at radius 1 is 1.26 bits per heavy atom. The van der Waals surface area contributed by atoms with Gasteiger partial charge in [-0.25, -0.2) is 0 Å². The average molecular weight is 323 g/mol. The fourth-order valence-corrected chi connectivity index (χ4v) is 2.87. The van der Waals surface area contributed by atoms with E-state index in [1.807, 2.05) is 30.7 Å². The molecule has 1 atom stereocenters. The van der Waals surface area contributed by atoms with Crippen LogP contribution < -0.4 is 0 Å². The van der Waals surface area contributed by atoms with E-state index in [0.29, 0.717) is 0 Å². The number of halogens is 1. The van der Waals surface area contributed by atoms with Crippen LogP contribution in [0.15, 0.2) is 28.9 Å². The number of hydrogen-bond donors (Lipinski definition) is 1. The standard InChI is InChI=1S/C15H19BrN2O/c1-4-5-18-14(13(16)9-17-18)15(19)12-7-10(2)6-11(3)8-12/h6-9,15,19H,4-5H2,1-3H3. The molecule has 0 fully saturated rings. The molecule has 2 rings (SSSR count). The molecule has 2 aromatic rings. The third kappa shape index (κ3) is 3.07. The maximum atomic E-state index is 10.6. The maximum Gasteiger partial charge on any atom is 0.122 e. The zero-order valence-electron chi connectivity index (χ0n) is 11.5. The van der Waals surface area contributed by atoms with Crippen LogP contribution in [0.4, 0.5) is 0 Å². The second kappa shape index (κ2) is 5.88. The van der Waals surface area contributed by atoms with Gasteiger partial charge >= 0.3 is 0 Å². The molecule has 0 saturated carbocycles. The van der Waals surface area contributed by atoms with E-state index in [9.17, 15) is 5.11 Å². The molecule has 1 unspecified atom stereocenters. The third-order valence-electron chi connectivity index (χ3n) is 3.09. The fourth-order valence-electron chi connectivity index (χ4n) is 2.36. The SMILES string of the molecule is CCCn1ncc(Br)c1C(O)c1cc(C)cc(C)c1. The van der Waals surface area contributed by atoms with E-state index in [4.69, 9.17) is 0 Å². The summed E-state index contributed by atoms with van der Waals surface area (Å²) < 4.78 is 2.72. The molecule has 0 aliphatic carbocycles. The van der Waals surface area contributed by atoms with Crippen LogP contribution in [0, 0.1) is 13.8 Å². The van der Waals surface area contributed by atoms with Crippen molar-refractivity contribution >= 4 is 15.9 Å². The highest BCUT2D eigenvalue weighted by atomic mass is 79.9. The zero-order valence-corrected chi connectivity index (χ0v) is 13.1. The van der Waals surface area contributed by atoms with Gasteiger partial charge in [0.1, 0.15) is 6.10 Å². The Kier molecular flexibility index (Phi) is 4.42. The lowest BCUT2D eigenvalue weighted by atomic mass is 10.0. The van der Waals surface area contributed by atoms with Gasteiger partial charge in [0.25, 0.3) is 0 Å². The summed E-state index contributed by atoms with van der Waals surface area (Å²) in [4.78, 5) is 0. The van der Waals surface area contributed by atoms with Gasteiger partial charge in [-0.1, -0.05) is 36.2 Å². The molecule has 0 aliphatic heterocycles. The molecule has 0 saturated heterocycles. The number of aryl methyl sites for hydroxylation is 3. The lowest BCUT2D eigenvalue weighted by Gasteiger charge is -2.15. The van der Waals surface area contributed by atoms with Crippen LogP contribution >= 0.6 is 15.9 Å². The first kappa shape index (κ1) is 14.3. The van der Waals surface area contributed by atoms with Gasteiger partial charge in [-0.3, -0.25) is 4.68 Å². The second-order valence-electron chi connectivity index (χ2n) is 4.92. The number of nitrogens with zero attached hydrogens (tertiary/aromatic N) is 2. The van der Waals surface area contributed by atoms with Crippen molar-refractivity contribution in [3.63, 3.8) is 0 Å². The predicted molar refractivity (Wildman–Crippen MR) is 80.2 cm³/mol. The number of rotatable bonds is 4. The Morgan fingerprint density at radius 2 is 1.89 bits per heavy atom. The van der Waals surface area contributed by atoms with Crippen LogP contribution in [0.1, 0.15) is 41.8 Å². The minimum absolute atomic E-state index is 0.651. The molecule has 0 spiro atoms. The number of hydrogen-bond acceptors (Lipinski definition) is 2. The van der Waals surface area contributed by atoms with Gasteiger partial charge in [0.05, 0.1) is 16.4 Å². The normalized spacial score (nSPS) is 12.7. The molecule has 1 aromatic heterocycles. The van der Waals surface area contributed by atoms with Gasteiger partial charge in [-0.15, -0.1) is 0 Å². The Morgan fingerprint density at radius 3 is 2.47 bits per heavy atom. The minimum Gasteiger partial charge on any atom is -0.382 e. The summed E-state index contributed by atoms with van der Waals surface area (Å²) in [5.74, 6) is 0. The highest BCUT2D eigenvalue weighted by Gasteiger charge is 2.19. The van der Waals surface area contributed by atoms with Crippen molar-refractivity contribution < 1.29 is 5.11 Å². The highest BCUT2D eigenvalue weighted by Crippen LogP contribution is 2.29. The van der Waals surface area contributed by atoms with Crippen molar-refractivity contribution in [2.45, 2.75) is 39.8 Å². The van der Waals surface area contributed by atoms with Crippen LogP contribution in [0.25, 0.3) is 0 Å². The van der Waals surface area contributed by atoms with Crippen LogP contribution in [0.2, 0.25) is 0 Å². The maximum absolute atomic E-state index is 10.6. The molecule has 1 N–H and O–H groups in total.